The monoisotopic (exact) mass is 339 g/mol. The van der Waals surface area contributed by atoms with Gasteiger partial charge in [0, 0.05) is 26.1 Å². The zero-order valence-corrected chi connectivity index (χ0v) is 14.3. The number of carboxylic acid groups (broad SMARTS) is 1. The van der Waals surface area contributed by atoms with Crippen LogP contribution in [0.15, 0.2) is 0 Å². The molecule has 136 valence electrons. The van der Waals surface area contributed by atoms with Crippen molar-refractivity contribution in [2.45, 2.75) is 44.9 Å². The lowest BCUT2D eigenvalue weighted by Gasteiger charge is -2.32. The average Bonchev–Trinajstić information content (AvgIpc) is 2.60. The van der Waals surface area contributed by atoms with Crippen molar-refractivity contribution in [1.82, 2.24) is 15.5 Å². The summed E-state index contributed by atoms with van der Waals surface area (Å²) in [6.07, 6.45) is 5.30. The van der Waals surface area contributed by atoms with E-state index in [1.807, 2.05) is 4.90 Å². The molecule has 0 aliphatic carbocycles. The molecule has 2 aliphatic heterocycles. The Balaban J connectivity index is 1.71. The van der Waals surface area contributed by atoms with E-state index in [1.165, 1.54) is 0 Å². The Morgan fingerprint density at radius 3 is 2.58 bits per heavy atom. The number of carbonyl (C=O) groups excluding carboxylic acids is 2. The zero-order chi connectivity index (χ0) is 17.4. The lowest BCUT2D eigenvalue weighted by molar-refractivity contribution is -0.137. The number of hydrogen-bond donors (Lipinski definition) is 3. The molecule has 0 radical (unpaired) electrons. The maximum Gasteiger partial charge on any atom is 0.305 e. The van der Waals surface area contributed by atoms with E-state index in [1.54, 1.807) is 0 Å². The van der Waals surface area contributed by atoms with Crippen LogP contribution in [0, 0.1) is 11.8 Å². The van der Waals surface area contributed by atoms with Crippen molar-refractivity contribution in [2.75, 3.05) is 32.7 Å². The number of nitrogens with zero attached hydrogens (tertiary/aromatic N) is 1. The molecule has 2 aliphatic rings. The topological polar surface area (TPSA) is 98.7 Å². The minimum Gasteiger partial charge on any atom is -0.481 e. The highest BCUT2D eigenvalue weighted by molar-refractivity contribution is 5.81. The minimum atomic E-state index is -0.923. The molecule has 2 heterocycles. The lowest BCUT2D eigenvalue weighted by atomic mass is 9.92. The molecule has 24 heavy (non-hydrogen) atoms. The summed E-state index contributed by atoms with van der Waals surface area (Å²) in [6, 6.07) is 0. The molecule has 3 N–H and O–H groups in total. The minimum absolute atomic E-state index is 0.0721. The van der Waals surface area contributed by atoms with Gasteiger partial charge in [-0.1, -0.05) is 0 Å². The van der Waals surface area contributed by atoms with E-state index in [0.717, 1.165) is 51.7 Å². The van der Waals surface area contributed by atoms with Crippen LogP contribution in [0.3, 0.4) is 0 Å². The molecule has 2 saturated heterocycles. The normalized spacial score (nSPS) is 22.2. The van der Waals surface area contributed by atoms with Gasteiger partial charge in [0.15, 0.2) is 0 Å². The second-order valence-electron chi connectivity index (χ2n) is 6.85. The Morgan fingerprint density at radius 2 is 1.88 bits per heavy atom. The summed E-state index contributed by atoms with van der Waals surface area (Å²) in [6.45, 7) is 3.42. The highest BCUT2D eigenvalue weighted by atomic mass is 16.4. The van der Waals surface area contributed by atoms with Gasteiger partial charge in [-0.3, -0.25) is 14.4 Å². The predicted molar refractivity (Wildman–Crippen MR) is 89.4 cm³/mol. The number of hydrogen-bond acceptors (Lipinski definition) is 4. The van der Waals surface area contributed by atoms with E-state index < -0.39 is 5.97 Å². The molecular weight excluding hydrogens is 310 g/mol. The van der Waals surface area contributed by atoms with E-state index in [2.05, 4.69) is 10.6 Å². The number of nitrogens with one attached hydrogen (secondary N) is 2. The molecule has 0 aromatic rings. The Kier molecular flexibility index (Phi) is 7.49. The van der Waals surface area contributed by atoms with Crippen LogP contribution < -0.4 is 10.6 Å². The molecule has 0 saturated carbocycles. The van der Waals surface area contributed by atoms with Gasteiger partial charge in [-0.15, -0.1) is 0 Å². The van der Waals surface area contributed by atoms with Gasteiger partial charge in [-0.25, -0.2) is 0 Å². The standard InChI is InChI=1S/C17H29N3O4/c21-15(4-3-13-5-8-18-9-6-13)20-11-1-2-14(12-20)17(24)19-10-7-16(22)23/h13-14,18H,1-12H2,(H,19,24)(H,22,23)/t14-/m0/s1. The quantitative estimate of drug-likeness (QED) is 0.631. The van der Waals surface area contributed by atoms with Crippen molar-refractivity contribution in [2.24, 2.45) is 11.8 Å². The second kappa shape index (κ2) is 9.61. The van der Waals surface area contributed by atoms with Crippen molar-refractivity contribution in [1.29, 1.82) is 0 Å². The molecule has 7 nitrogen and oxygen atoms in total. The Labute approximate surface area is 143 Å². The van der Waals surface area contributed by atoms with Crippen LogP contribution in [0.5, 0.6) is 0 Å². The van der Waals surface area contributed by atoms with E-state index >= 15 is 0 Å². The van der Waals surface area contributed by atoms with Crippen molar-refractivity contribution in [3.8, 4) is 0 Å². The fourth-order valence-electron chi connectivity index (χ4n) is 3.51. The first kappa shape index (κ1) is 18.7. The molecular formula is C17H29N3O4. The Hall–Kier alpha value is -1.63. The summed E-state index contributed by atoms with van der Waals surface area (Å²) >= 11 is 0. The molecule has 1 atom stereocenters. The first-order valence-electron chi connectivity index (χ1n) is 9.04. The number of piperidine rings is 2. The maximum absolute atomic E-state index is 12.4. The van der Waals surface area contributed by atoms with Gasteiger partial charge in [-0.05, 0) is 51.1 Å². The molecule has 2 fully saturated rings. The third-order valence-corrected chi connectivity index (χ3v) is 5.01. The van der Waals surface area contributed by atoms with Gasteiger partial charge in [-0.2, -0.15) is 0 Å². The number of amides is 2. The summed E-state index contributed by atoms with van der Waals surface area (Å²) in [5.74, 6) is -0.484. The van der Waals surface area contributed by atoms with Crippen molar-refractivity contribution >= 4 is 17.8 Å². The van der Waals surface area contributed by atoms with E-state index in [-0.39, 0.29) is 30.7 Å². The number of likely N-dealkylation sites (tertiary alicyclic amines) is 1. The van der Waals surface area contributed by atoms with Gasteiger partial charge in [0.25, 0.3) is 0 Å². The van der Waals surface area contributed by atoms with Crippen LogP contribution in [-0.2, 0) is 14.4 Å². The predicted octanol–water partition coefficient (Wildman–Crippen LogP) is 0.596. The van der Waals surface area contributed by atoms with E-state index in [4.69, 9.17) is 5.11 Å². The SMILES string of the molecule is O=C(O)CCNC(=O)[C@H]1CCCN(C(=O)CCC2CCNCC2)C1. The van der Waals surface area contributed by atoms with Crippen molar-refractivity contribution in [3.63, 3.8) is 0 Å². The molecule has 7 heteroatoms. The number of carbonyl (C=O) groups is 3. The zero-order valence-electron chi connectivity index (χ0n) is 14.3. The lowest BCUT2D eigenvalue weighted by Crippen LogP contribution is -2.45. The fraction of sp³-hybridized carbons (Fsp3) is 0.824. The maximum atomic E-state index is 12.4. The van der Waals surface area contributed by atoms with Gasteiger partial charge >= 0.3 is 5.97 Å². The average molecular weight is 339 g/mol. The van der Waals surface area contributed by atoms with E-state index in [9.17, 15) is 14.4 Å². The highest BCUT2D eigenvalue weighted by Crippen LogP contribution is 2.21. The van der Waals surface area contributed by atoms with Crippen LogP contribution in [-0.4, -0.2) is 60.5 Å². The van der Waals surface area contributed by atoms with Crippen molar-refractivity contribution < 1.29 is 19.5 Å². The summed E-state index contributed by atoms with van der Waals surface area (Å²) in [4.78, 5) is 36.8. The third-order valence-electron chi connectivity index (χ3n) is 5.01. The molecule has 0 bridgehead atoms. The van der Waals surface area contributed by atoms with E-state index in [0.29, 0.717) is 18.9 Å². The van der Waals surface area contributed by atoms with Crippen LogP contribution in [0.1, 0.15) is 44.9 Å². The summed E-state index contributed by atoms with van der Waals surface area (Å²) in [7, 11) is 0. The number of aliphatic carboxylic acids is 1. The van der Waals surface area contributed by atoms with Crippen LogP contribution >= 0.6 is 0 Å². The summed E-state index contributed by atoms with van der Waals surface area (Å²) in [5, 5.41) is 14.6. The van der Waals surface area contributed by atoms with Crippen molar-refractivity contribution in [3.05, 3.63) is 0 Å². The fourth-order valence-corrected chi connectivity index (χ4v) is 3.51. The number of carboxylic acids is 1. The highest BCUT2D eigenvalue weighted by Gasteiger charge is 2.28. The van der Waals surface area contributed by atoms with Gasteiger partial charge in [0.1, 0.15) is 0 Å². The van der Waals surface area contributed by atoms with Gasteiger partial charge in [0.05, 0.1) is 12.3 Å². The first-order valence-corrected chi connectivity index (χ1v) is 9.04. The molecule has 0 unspecified atom stereocenters. The van der Waals surface area contributed by atoms with Gasteiger partial charge < -0.3 is 20.6 Å². The van der Waals surface area contributed by atoms with Gasteiger partial charge in [0.2, 0.25) is 11.8 Å². The van der Waals surface area contributed by atoms with Crippen LogP contribution in [0.25, 0.3) is 0 Å². The molecule has 2 amide bonds. The second-order valence-corrected chi connectivity index (χ2v) is 6.85. The van der Waals surface area contributed by atoms with Crippen LogP contribution in [0.2, 0.25) is 0 Å². The van der Waals surface area contributed by atoms with Crippen LogP contribution in [0.4, 0.5) is 0 Å². The number of rotatable bonds is 7. The molecule has 0 aromatic carbocycles. The summed E-state index contributed by atoms with van der Waals surface area (Å²) < 4.78 is 0. The Morgan fingerprint density at radius 1 is 1.12 bits per heavy atom. The molecule has 0 aromatic heterocycles. The largest absolute Gasteiger partial charge is 0.481 e. The first-order chi connectivity index (χ1) is 11.6. The molecule has 2 rings (SSSR count). The Bertz CT molecular complexity index is 449. The smallest absolute Gasteiger partial charge is 0.305 e. The molecule has 0 spiro atoms. The third kappa shape index (κ3) is 6.11. The summed E-state index contributed by atoms with van der Waals surface area (Å²) in [5.41, 5.74) is 0.